The first kappa shape index (κ1) is 25.3. The largest absolute Gasteiger partial charge is 0.417 e. The van der Waals surface area contributed by atoms with Crippen LogP contribution in [0.25, 0.3) is 12.2 Å². The molecular formula is C25H19ClF6N2S. The monoisotopic (exact) mass is 528 g/mol. The lowest BCUT2D eigenvalue weighted by molar-refractivity contribution is -0.138. The quantitative estimate of drug-likeness (QED) is 0.190. The first-order chi connectivity index (χ1) is 16.4. The van der Waals surface area contributed by atoms with Crippen LogP contribution in [0.15, 0.2) is 65.6 Å². The van der Waals surface area contributed by atoms with Crippen LogP contribution in [0.3, 0.4) is 0 Å². The van der Waals surface area contributed by atoms with E-state index in [1.165, 1.54) is 36.2 Å². The van der Waals surface area contributed by atoms with Crippen molar-refractivity contribution in [3.8, 4) is 0 Å². The van der Waals surface area contributed by atoms with Crippen LogP contribution >= 0.6 is 23.5 Å². The number of hydrogen-bond donors (Lipinski definition) is 0. The summed E-state index contributed by atoms with van der Waals surface area (Å²) in [4.78, 5) is 2.45. The van der Waals surface area contributed by atoms with Crippen LogP contribution in [0.1, 0.15) is 22.3 Å². The zero-order valence-corrected chi connectivity index (χ0v) is 19.9. The van der Waals surface area contributed by atoms with Crippen molar-refractivity contribution in [1.82, 2.24) is 0 Å². The van der Waals surface area contributed by atoms with Gasteiger partial charge in [0.15, 0.2) is 0 Å². The maximum atomic E-state index is 13.4. The third kappa shape index (κ3) is 5.73. The minimum atomic E-state index is -4.55. The fourth-order valence-electron chi connectivity index (χ4n) is 3.73. The molecule has 0 saturated carbocycles. The second kappa shape index (κ2) is 9.70. The average Bonchev–Trinajstić information content (AvgIpc) is 2.79. The molecule has 0 atom stereocenters. The van der Waals surface area contributed by atoms with Gasteiger partial charge in [-0.1, -0.05) is 42.0 Å². The van der Waals surface area contributed by atoms with E-state index < -0.39 is 23.5 Å². The minimum Gasteiger partial charge on any atom is -0.371 e. The van der Waals surface area contributed by atoms with Crippen LogP contribution in [0.5, 0.6) is 0 Å². The van der Waals surface area contributed by atoms with Crippen LogP contribution in [0.2, 0.25) is 5.02 Å². The van der Waals surface area contributed by atoms with Crippen molar-refractivity contribution in [2.24, 2.45) is 0 Å². The lowest BCUT2D eigenvalue weighted by atomic mass is 10.0. The van der Waals surface area contributed by atoms with Crippen LogP contribution in [0, 0.1) is 0 Å². The maximum Gasteiger partial charge on any atom is 0.417 e. The number of alkyl halides is 6. The van der Waals surface area contributed by atoms with E-state index in [1.54, 1.807) is 24.3 Å². The van der Waals surface area contributed by atoms with Crippen molar-refractivity contribution in [1.29, 1.82) is 0 Å². The molecule has 0 radical (unpaired) electrons. The van der Waals surface area contributed by atoms with Crippen molar-refractivity contribution in [2.45, 2.75) is 17.2 Å². The highest BCUT2D eigenvalue weighted by Gasteiger charge is 2.33. The molecule has 0 unspecified atom stereocenters. The molecule has 184 valence electrons. The Bertz CT molecular complexity index is 1260. The number of benzene rings is 3. The lowest BCUT2D eigenvalue weighted by Crippen LogP contribution is -2.35. The van der Waals surface area contributed by atoms with E-state index in [0.29, 0.717) is 23.5 Å². The number of anilines is 2. The number of fused-ring (bicyclic) bond motifs is 1. The molecule has 35 heavy (non-hydrogen) atoms. The molecule has 1 aliphatic rings. The van der Waals surface area contributed by atoms with E-state index in [9.17, 15) is 26.3 Å². The predicted octanol–water partition coefficient (Wildman–Crippen LogP) is 8.51. The van der Waals surface area contributed by atoms with E-state index in [-0.39, 0.29) is 10.6 Å². The summed E-state index contributed by atoms with van der Waals surface area (Å²) in [5.41, 5.74) is 0.544. The summed E-state index contributed by atoms with van der Waals surface area (Å²) in [5, 5.41) is -0.0181. The van der Waals surface area contributed by atoms with Gasteiger partial charge in [-0.3, -0.25) is 0 Å². The Morgan fingerprint density at radius 1 is 0.829 bits per heavy atom. The van der Waals surface area contributed by atoms with Crippen LogP contribution in [0.4, 0.5) is 37.7 Å². The van der Waals surface area contributed by atoms with Crippen molar-refractivity contribution in [2.75, 3.05) is 29.3 Å². The number of hydrogen-bond acceptors (Lipinski definition) is 3. The van der Waals surface area contributed by atoms with Gasteiger partial charge in [-0.2, -0.15) is 26.3 Å². The number of halogens is 7. The van der Waals surface area contributed by atoms with Gasteiger partial charge < -0.3 is 9.21 Å². The molecule has 0 spiro atoms. The second-order valence-electron chi connectivity index (χ2n) is 7.92. The Kier molecular flexibility index (Phi) is 7.02. The fourth-order valence-corrected chi connectivity index (χ4v) is 4.96. The normalized spacial score (nSPS) is 14.5. The standard InChI is InChI=1S/C25H19ClF6N2S/c1-33-12-13-34(35-18-5-2-4-17(15-18)24(27,28)29)23-14-16(9-11-22(23)33)8-10-19-20(25(30,31)32)6-3-7-21(19)26/h2-11,14-15H,12-13H2,1H3/b10-8+. The predicted molar refractivity (Wildman–Crippen MR) is 130 cm³/mol. The SMILES string of the molecule is CN1CCN(Sc2cccc(C(F)(F)F)c2)c2cc(/C=C/c3c(Cl)cccc3C(F)(F)F)ccc21. The second-order valence-corrected chi connectivity index (χ2v) is 9.42. The summed E-state index contributed by atoms with van der Waals surface area (Å²) in [6, 6.07) is 14.1. The molecule has 0 N–H and O–H groups in total. The van der Waals surface area contributed by atoms with Gasteiger partial charge >= 0.3 is 12.4 Å². The molecule has 3 aromatic rings. The summed E-state index contributed by atoms with van der Waals surface area (Å²) >= 11 is 7.23. The Labute approximate surface area is 207 Å². The molecule has 0 aliphatic carbocycles. The molecule has 0 aromatic heterocycles. The highest BCUT2D eigenvalue weighted by atomic mass is 35.5. The molecule has 0 fully saturated rings. The molecule has 1 aliphatic heterocycles. The summed E-state index contributed by atoms with van der Waals surface area (Å²) in [6.45, 7) is 1.20. The summed E-state index contributed by atoms with van der Waals surface area (Å²) in [6.07, 6.45) is -6.13. The van der Waals surface area contributed by atoms with E-state index in [4.69, 9.17) is 11.6 Å². The first-order valence-corrected chi connectivity index (χ1v) is 11.6. The molecule has 0 saturated heterocycles. The average molecular weight is 529 g/mol. The minimum absolute atomic E-state index is 0.0181. The van der Waals surface area contributed by atoms with Gasteiger partial charge in [0.2, 0.25) is 0 Å². The first-order valence-electron chi connectivity index (χ1n) is 10.5. The zero-order chi connectivity index (χ0) is 25.4. The van der Waals surface area contributed by atoms with E-state index in [0.717, 1.165) is 29.6 Å². The Morgan fingerprint density at radius 2 is 1.57 bits per heavy atom. The molecule has 10 heteroatoms. The Balaban J connectivity index is 1.66. The molecule has 0 bridgehead atoms. The van der Waals surface area contributed by atoms with Gasteiger partial charge in [0, 0.05) is 35.6 Å². The van der Waals surface area contributed by atoms with Gasteiger partial charge in [0.1, 0.15) is 0 Å². The van der Waals surface area contributed by atoms with E-state index in [1.807, 2.05) is 22.3 Å². The van der Waals surface area contributed by atoms with E-state index >= 15 is 0 Å². The van der Waals surface area contributed by atoms with Gasteiger partial charge in [-0.25, -0.2) is 0 Å². The maximum absolute atomic E-state index is 13.4. The third-order valence-corrected chi connectivity index (χ3v) is 6.89. The summed E-state index contributed by atoms with van der Waals surface area (Å²) in [5.74, 6) is 0. The number of rotatable bonds is 4. The topological polar surface area (TPSA) is 6.48 Å². The van der Waals surface area contributed by atoms with E-state index in [2.05, 4.69) is 0 Å². The number of nitrogens with zero attached hydrogens (tertiary/aromatic N) is 2. The third-order valence-electron chi connectivity index (χ3n) is 5.50. The molecule has 3 aromatic carbocycles. The van der Waals surface area contributed by atoms with Crippen LogP contribution < -0.4 is 9.21 Å². The molecule has 4 rings (SSSR count). The van der Waals surface area contributed by atoms with Gasteiger partial charge in [0.05, 0.1) is 22.5 Å². The smallest absolute Gasteiger partial charge is 0.371 e. The Morgan fingerprint density at radius 3 is 2.29 bits per heavy atom. The molecule has 0 amide bonds. The van der Waals surface area contributed by atoms with Crippen LogP contribution in [-0.4, -0.2) is 20.1 Å². The van der Waals surface area contributed by atoms with Crippen LogP contribution in [-0.2, 0) is 12.4 Å². The van der Waals surface area contributed by atoms with Crippen molar-refractivity contribution < 1.29 is 26.3 Å². The summed E-state index contributed by atoms with van der Waals surface area (Å²) < 4.78 is 81.5. The molecular weight excluding hydrogens is 510 g/mol. The Hall–Kier alpha value is -2.78. The highest BCUT2D eigenvalue weighted by Crippen LogP contribution is 2.41. The number of likely N-dealkylation sites (N-methyl/N-ethyl adjacent to an activating group) is 1. The summed E-state index contributed by atoms with van der Waals surface area (Å²) in [7, 11) is 1.90. The molecule has 1 heterocycles. The van der Waals surface area contributed by atoms with Gasteiger partial charge in [0.25, 0.3) is 0 Å². The van der Waals surface area contributed by atoms with Gasteiger partial charge in [-0.05, 0) is 60.0 Å². The highest BCUT2D eigenvalue weighted by molar-refractivity contribution is 8.00. The fraction of sp³-hybridized carbons (Fsp3) is 0.200. The van der Waals surface area contributed by atoms with Crippen molar-refractivity contribution >= 4 is 47.1 Å². The zero-order valence-electron chi connectivity index (χ0n) is 18.3. The van der Waals surface area contributed by atoms with Crippen molar-refractivity contribution in [3.63, 3.8) is 0 Å². The molecule has 2 nitrogen and oxygen atoms in total. The lowest BCUT2D eigenvalue weighted by Gasteiger charge is -2.36. The van der Waals surface area contributed by atoms with Crippen molar-refractivity contribution in [3.05, 3.63) is 87.9 Å². The van der Waals surface area contributed by atoms with Gasteiger partial charge in [-0.15, -0.1) is 0 Å².